The average Bonchev–Trinajstić information content (AvgIpc) is 2.44. The molecule has 2 heterocycles. The molecule has 0 amide bonds. The highest BCUT2D eigenvalue weighted by molar-refractivity contribution is 5.41. The maximum Gasteiger partial charge on any atom is 0.417 e. The number of likely N-dealkylation sites (tertiary alicyclic amines) is 1. The van der Waals surface area contributed by atoms with Gasteiger partial charge < -0.3 is 9.84 Å². The summed E-state index contributed by atoms with van der Waals surface area (Å²) >= 11 is 0. The molecule has 1 saturated heterocycles. The summed E-state index contributed by atoms with van der Waals surface area (Å²) in [6.07, 6.45) is -3.48. The molecule has 0 radical (unpaired) electrons. The lowest BCUT2D eigenvalue weighted by Gasteiger charge is -2.39. The zero-order valence-electron chi connectivity index (χ0n) is 13.0. The minimum absolute atomic E-state index is 0.188. The maximum absolute atomic E-state index is 12.8. The van der Waals surface area contributed by atoms with Crippen LogP contribution in [-0.4, -0.2) is 47.0 Å². The molecule has 124 valence electrons. The lowest BCUT2D eigenvalue weighted by Crippen LogP contribution is -2.53. The van der Waals surface area contributed by atoms with Crippen LogP contribution in [0, 0.1) is 13.8 Å². The van der Waals surface area contributed by atoms with E-state index in [-0.39, 0.29) is 25.9 Å². The van der Waals surface area contributed by atoms with Gasteiger partial charge in [0.05, 0.1) is 12.8 Å². The second kappa shape index (κ2) is 6.04. The normalized spacial score (nSPS) is 19.2. The maximum atomic E-state index is 12.8. The molecule has 1 aromatic rings. The van der Waals surface area contributed by atoms with E-state index in [1.165, 1.54) is 0 Å². The van der Waals surface area contributed by atoms with Crippen molar-refractivity contribution in [1.29, 1.82) is 0 Å². The number of aryl methyl sites for hydroxylation is 1. The third-order valence-corrected chi connectivity index (χ3v) is 4.33. The Labute approximate surface area is 127 Å². The van der Waals surface area contributed by atoms with Crippen molar-refractivity contribution in [1.82, 2.24) is 9.88 Å². The number of aliphatic hydroxyl groups is 1. The second-order valence-corrected chi connectivity index (χ2v) is 5.85. The van der Waals surface area contributed by atoms with Gasteiger partial charge in [-0.05, 0) is 26.7 Å². The summed E-state index contributed by atoms with van der Waals surface area (Å²) in [5.74, 6) is 0.758. The van der Waals surface area contributed by atoms with Crippen molar-refractivity contribution >= 4 is 0 Å². The van der Waals surface area contributed by atoms with E-state index >= 15 is 0 Å². The largest absolute Gasteiger partial charge is 0.496 e. The van der Waals surface area contributed by atoms with Crippen molar-refractivity contribution in [3.05, 3.63) is 23.0 Å². The van der Waals surface area contributed by atoms with Gasteiger partial charge in [-0.3, -0.25) is 9.88 Å². The SMILES string of the molecule is COc1c(C)cnc(CN2CCC(O)(C(F)(F)F)CC2)c1C. The number of halogens is 3. The monoisotopic (exact) mass is 318 g/mol. The number of piperidine rings is 1. The van der Waals surface area contributed by atoms with Gasteiger partial charge in [-0.1, -0.05) is 0 Å². The zero-order chi connectivity index (χ0) is 16.5. The standard InChI is InChI=1S/C15H21F3N2O2/c1-10-8-19-12(11(2)13(10)22-3)9-20-6-4-14(21,5-7-20)15(16,17)18/h8,21H,4-7,9H2,1-3H3. The van der Waals surface area contributed by atoms with Crippen LogP contribution in [0.2, 0.25) is 0 Å². The molecule has 0 atom stereocenters. The Morgan fingerprint density at radius 1 is 1.32 bits per heavy atom. The topological polar surface area (TPSA) is 45.6 Å². The van der Waals surface area contributed by atoms with Gasteiger partial charge in [0.15, 0.2) is 5.60 Å². The molecule has 0 aromatic carbocycles. The van der Waals surface area contributed by atoms with Crippen LogP contribution in [-0.2, 0) is 6.54 Å². The first-order valence-corrected chi connectivity index (χ1v) is 7.18. The number of hydrogen-bond acceptors (Lipinski definition) is 4. The number of pyridine rings is 1. The summed E-state index contributed by atoms with van der Waals surface area (Å²) in [7, 11) is 1.59. The highest BCUT2D eigenvalue weighted by atomic mass is 19.4. The molecule has 0 spiro atoms. The zero-order valence-corrected chi connectivity index (χ0v) is 13.0. The van der Waals surface area contributed by atoms with Crippen molar-refractivity contribution in [2.45, 2.75) is 45.0 Å². The fraction of sp³-hybridized carbons (Fsp3) is 0.667. The predicted molar refractivity (Wildman–Crippen MR) is 75.8 cm³/mol. The molecular weight excluding hydrogens is 297 g/mol. The fourth-order valence-electron chi connectivity index (χ4n) is 2.81. The first-order valence-electron chi connectivity index (χ1n) is 7.18. The van der Waals surface area contributed by atoms with Crippen LogP contribution in [0.3, 0.4) is 0 Å². The van der Waals surface area contributed by atoms with Gasteiger partial charge in [0.25, 0.3) is 0 Å². The number of rotatable bonds is 3. The highest BCUT2D eigenvalue weighted by Crippen LogP contribution is 2.38. The predicted octanol–water partition coefficient (Wildman–Crippen LogP) is 2.60. The van der Waals surface area contributed by atoms with E-state index in [1.807, 2.05) is 18.7 Å². The van der Waals surface area contributed by atoms with Gasteiger partial charge in [0.2, 0.25) is 0 Å². The number of ether oxygens (including phenoxy) is 1. The molecule has 22 heavy (non-hydrogen) atoms. The van der Waals surface area contributed by atoms with Crippen LogP contribution in [0.4, 0.5) is 13.2 Å². The fourth-order valence-corrected chi connectivity index (χ4v) is 2.81. The summed E-state index contributed by atoms with van der Waals surface area (Å²) < 4.78 is 43.7. The van der Waals surface area contributed by atoms with Gasteiger partial charge in [-0.2, -0.15) is 13.2 Å². The molecule has 1 aliphatic heterocycles. The molecule has 4 nitrogen and oxygen atoms in total. The summed E-state index contributed by atoms with van der Waals surface area (Å²) in [5, 5.41) is 9.68. The molecule has 0 bridgehead atoms. The van der Waals surface area contributed by atoms with E-state index in [9.17, 15) is 18.3 Å². The molecule has 1 N–H and O–H groups in total. The average molecular weight is 318 g/mol. The van der Waals surface area contributed by atoms with Crippen molar-refractivity contribution in [2.75, 3.05) is 20.2 Å². The Morgan fingerprint density at radius 3 is 2.41 bits per heavy atom. The Balaban J connectivity index is 2.06. The van der Waals surface area contributed by atoms with Crippen LogP contribution < -0.4 is 4.74 Å². The number of hydrogen-bond donors (Lipinski definition) is 1. The molecule has 1 fully saturated rings. The molecule has 0 saturated carbocycles. The number of nitrogens with zero attached hydrogens (tertiary/aromatic N) is 2. The molecule has 2 rings (SSSR count). The van der Waals surface area contributed by atoms with E-state index in [0.717, 1.165) is 22.6 Å². The smallest absolute Gasteiger partial charge is 0.417 e. The lowest BCUT2D eigenvalue weighted by atomic mass is 9.90. The first-order chi connectivity index (χ1) is 10.2. The van der Waals surface area contributed by atoms with Gasteiger partial charge >= 0.3 is 6.18 Å². The van der Waals surface area contributed by atoms with Crippen molar-refractivity contribution in [2.24, 2.45) is 0 Å². The first kappa shape index (κ1) is 17.0. The molecule has 0 unspecified atom stereocenters. The van der Waals surface area contributed by atoms with E-state index in [1.54, 1.807) is 13.3 Å². The number of alkyl halides is 3. The van der Waals surface area contributed by atoms with Crippen LogP contribution in [0.1, 0.15) is 29.7 Å². The quantitative estimate of drug-likeness (QED) is 0.930. The van der Waals surface area contributed by atoms with E-state index in [4.69, 9.17) is 4.74 Å². The van der Waals surface area contributed by atoms with Crippen molar-refractivity contribution < 1.29 is 23.0 Å². The van der Waals surface area contributed by atoms with Crippen molar-refractivity contribution in [3.63, 3.8) is 0 Å². The summed E-state index contributed by atoms with van der Waals surface area (Å²) in [5.41, 5.74) is 0.0598. The number of aromatic nitrogens is 1. The lowest BCUT2D eigenvalue weighted by molar-refractivity contribution is -0.272. The Morgan fingerprint density at radius 2 is 1.91 bits per heavy atom. The molecule has 1 aliphatic rings. The van der Waals surface area contributed by atoms with E-state index < -0.39 is 11.8 Å². The Hall–Kier alpha value is -1.34. The number of methoxy groups -OCH3 is 1. The van der Waals surface area contributed by atoms with Gasteiger partial charge in [-0.15, -0.1) is 0 Å². The molecule has 0 aliphatic carbocycles. The van der Waals surface area contributed by atoms with E-state index in [0.29, 0.717) is 6.54 Å². The van der Waals surface area contributed by atoms with Crippen LogP contribution in [0.15, 0.2) is 6.20 Å². The van der Waals surface area contributed by atoms with Crippen molar-refractivity contribution in [3.8, 4) is 5.75 Å². The third-order valence-electron chi connectivity index (χ3n) is 4.33. The van der Waals surface area contributed by atoms with Crippen LogP contribution in [0.25, 0.3) is 0 Å². The van der Waals surface area contributed by atoms with Gasteiger partial charge in [0, 0.05) is 37.0 Å². The highest BCUT2D eigenvalue weighted by Gasteiger charge is 2.54. The molecular formula is C15H21F3N2O2. The summed E-state index contributed by atoms with van der Waals surface area (Å²) in [6.45, 7) is 4.62. The van der Waals surface area contributed by atoms with E-state index in [2.05, 4.69) is 4.98 Å². The minimum Gasteiger partial charge on any atom is -0.496 e. The molecule has 7 heteroatoms. The minimum atomic E-state index is -4.57. The van der Waals surface area contributed by atoms with Gasteiger partial charge in [-0.25, -0.2) is 0 Å². The second-order valence-electron chi connectivity index (χ2n) is 5.85. The Kier molecular flexibility index (Phi) is 4.67. The van der Waals surface area contributed by atoms with Crippen LogP contribution >= 0.6 is 0 Å². The molecule has 1 aromatic heterocycles. The van der Waals surface area contributed by atoms with Gasteiger partial charge in [0.1, 0.15) is 5.75 Å². The Bertz CT molecular complexity index is 538. The summed E-state index contributed by atoms with van der Waals surface area (Å²) in [6, 6.07) is 0. The van der Waals surface area contributed by atoms with Crippen LogP contribution in [0.5, 0.6) is 5.75 Å². The third kappa shape index (κ3) is 3.20. The summed E-state index contributed by atoms with van der Waals surface area (Å²) in [4.78, 5) is 6.24.